The first-order chi connectivity index (χ1) is 8.02. The van der Waals surface area contributed by atoms with E-state index < -0.39 is 0 Å². The second kappa shape index (κ2) is 9.86. The van der Waals surface area contributed by atoms with Gasteiger partial charge in [0.15, 0.2) is 0 Å². The van der Waals surface area contributed by atoms with E-state index in [1.54, 1.807) is 7.11 Å². The zero-order chi connectivity index (χ0) is 13.1. The van der Waals surface area contributed by atoms with Gasteiger partial charge in [-0.2, -0.15) is 0 Å². The molecular weight excluding hydrogens is 214 g/mol. The zero-order valence-electron chi connectivity index (χ0n) is 12.3. The van der Waals surface area contributed by atoms with E-state index in [9.17, 15) is 0 Å². The van der Waals surface area contributed by atoms with Crippen LogP contribution in [0, 0.1) is 11.3 Å². The summed E-state index contributed by atoms with van der Waals surface area (Å²) in [6.07, 6.45) is 2.12. The molecular formula is C14H31NO2. The number of ether oxygens (including phenoxy) is 2. The van der Waals surface area contributed by atoms with Crippen LogP contribution in [0.2, 0.25) is 0 Å². The molecule has 0 aromatic carbocycles. The summed E-state index contributed by atoms with van der Waals surface area (Å²) in [5, 5.41) is 3.44. The summed E-state index contributed by atoms with van der Waals surface area (Å²) in [5.74, 6) is 0.671. The van der Waals surface area contributed by atoms with Gasteiger partial charge < -0.3 is 14.8 Å². The summed E-state index contributed by atoms with van der Waals surface area (Å²) >= 11 is 0. The molecule has 0 heterocycles. The Morgan fingerprint density at radius 3 is 2.35 bits per heavy atom. The van der Waals surface area contributed by atoms with Crippen molar-refractivity contribution in [3.63, 3.8) is 0 Å². The van der Waals surface area contributed by atoms with E-state index in [2.05, 4.69) is 33.0 Å². The highest BCUT2D eigenvalue weighted by molar-refractivity contribution is 4.75. The number of methoxy groups -OCH3 is 1. The molecule has 0 aliphatic heterocycles. The third-order valence-corrected chi connectivity index (χ3v) is 3.11. The maximum absolute atomic E-state index is 5.63. The quantitative estimate of drug-likeness (QED) is 0.600. The van der Waals surface area contributed by atoms with E-state index in [0.29, 0.717) is 11.3 Å². The maximum Gasteiger partial charge on any atom is 0.0487 e. The molecule has 0 amide bonds. The molecule has 1 atom stereocenters. The molecule has 3 nitrogen and oxygen atoms in total. The third kappa shape index (κ3) is 9.57. The van der Waals surface area contributed by atoms with Gasteiger partial charge in [-0.15, -0.1) is 0 Å². The minimum atomic E-state index is 0.345. The van der Waals surface area contributed by atoms with Crippen LogP contribution in [0.25, 0.3) is 0 Å². The highest BCUT2D eigenvalue weighted by Gasteiger charge is 2.23. The molecule has 0 aliphatic rings. The van der Waals surface area contributed by atoms with E-state index in [-0.39, 0.29) is 0 Å². The average molecular weight is 245 g/mol. The van der Waals surface area contributed by atoms with Crippen molar-refractivity contribution < 1.29 is 9.47 Å². The lowest BCUT2D eigenvalue weighted by Crippen LogP contribution is -2.32. The van der Waals surface area contributed by atoms with Gasteiger partial charge in [0.1, 0.15) is 0 Å². The first-order valence-electron chi connectivity index (χ1n) is 6.79. The Morgan fingerprint density at radius 1 is 1.12 bits per heavy atom. The van der Waals surface area contributed by atoms with Gasteiger partial charge in [0.05, 0.1) is 0 Å². The van der Waals surface area contributed by atoms with E-state index in [4.69, 9.17) is 9.47 Å². The first-order valence-corrected chi connectivity index (χ1v) is 6.79. The number of hydrogen-bond donors (Lipinski definition) is 1. The first kappa shape index (κ1) is 16.9. The fraction of sp³-hybridized carbons (Fsp3) is 1.00. The van der Waals surface area contributed by atoms with Gasteiger partial charge in [0.25, 0.3) is 0 Å². The van der Waals surface area contributed by atoms with E-state index >= 15 is 0 Å². The Morgan fingerprint density at radius 2 is 1.82 bits per heavy atom. The summed E-state index contributed by atoms with van der Waals surface area (Å²) in [5.41, 5.74) is 0.345. The van der Waals surface area contributed by atoms with Crippen molar-refractivity contribution in [2.24, 2.45) is 11.3 Å². The number of nitrogens with one attached hydrogen (secondary N) is 1. The molecule has 0 radical (unpaired) electrons. The molecule has 0 aromatic heterocycles. The molecule has 0 saturated heterocycles. The summed E-state index contributed by atoms with van der Waals surface area (Å²) < 4.78 is 10.6. The lowest BCUT2D eigenvalue weighted by Gasteiger charge is -2.31. The molecule has 17 heavy (non-hydrogen) atoms. The highest BCUT2D eigenvalue weighted by Crippen LogP contribution is 2.28. The smallest absolute Gasteiger partial charge is 0.0487 e. The van der Waals surface area contributed by atoms with Gasteiger partial charge in [-0.25, -0.2) is 0 Å². The minimum absolute atomic E-state index is 0.345. The molecule has 0 fully saturated rings. The summed E-state index contributed by atoms with van der Waals surface area (Å²) in [4.78, 5) is 0. The Hall–Kier alpha value is -0.120. The molecule has 1 unspecified atom stereocenters. The van der Waals surface area contributed by atoms with E-state index in [1.807, 2.05) is 0 Å². The molecule has 0 saturated carbocycles. The summed E-state index contributed by atoms with van der Waals surface area (Å²) in [6.45, 7) is 13.7. The maximum atomic E-state index is 5.63. The topological polar surface area (TPSA) is 30.5 Å². The van der Waals surface area contributed by atoms with Crippen molar-refractivity contribution in [1.29, 1.82) is 0 Å². The van der Waals surface area contributed by atoms with Gasteiger partial charge >= 0.3 is 0 Å². The fourth-order valence-electron chi connectivity index (χ4n) is 1.79. The number of hydrogen-bond acceptors (Lipinski definition) is 3. The standard InChI is InChI=1S/C14H31NO2/c1-6-15-12-13(14(2,3)4)8-11-17-10-7-9-16-5/h13,15H,6-12H2,1-5H3. The third-order valence-electron chi connectivity index (χ3n) is 3.11. The van der Waals surface area contributed by atoms with Gasteiger partial charge in [0, 0.05) is 26.9 Å². The largest absolute Gasteiger partial charge is 0.385 e. The fourth-order valence-corrected chi connectivity index (χ4v) is 1.79. The average Bonchev–Trinajstić information content (AvgIpc) is 2.25. The van der Waals surface area contributed by atoms with Crippen LogP contribution < -0.4 is 5.32 Å². The Labute approximate surface area is 107 Å². The van der Waals surface area contributed by atoms with Gasteiger partial charge in [0.2, 0.25) is 0 Å². The zero-order valence-corrected chi connectivity index (χ0v) is 12.3. The van der Waals surface area contributed by atoms with Crippen LogP contribution in [0.5, 0.6) is 0 Å². The molecule has 0 aromatic rings. The second-order valence-electron chi connectivity index (χ2n) is 5.62. The molecule has 0 spiro atoms. The summed E-state index contributed by atoms with van der Waals surface area (Å²) in [7, 11) is 1.73. The predicted molar refractivity (Wildman–Crippen MR) is 73.4 cm³/mol. The van der Waals surface area contributed by atoms with Gasteiger partial charge in [-0.05, 0) is 37.3 Å². The lowest BCUT2D eigenvalue weighted by atomic mass is 9.79. The summed E-state index contributed by atoms with van der Waals surface area (Å²) in [6, 6.07) is 0. The van der Waals surface area contributed by atoms with Crippen LogP contribution in [0.15, 0.2) is 0 Å². The SMILES string of the molecule is CCNCC(CCOCCCOC)C(C)(C)C. The Bertz CT molecular complexity index is 166. The van der Waals surface area contributed by atoms with Gasteiger partial charge in [-0.3, -0.25) is 0 Å². The van der Waals surface area contributed by atoms with Crippen molar-refractivity contribution in [3.8, 4) is 0 Å². The Kier molecular flexibility index (Phi) is 9.79. The Balaban J connectivity index is 3.69. The van der Waals surface area contributed by atoms with Crippen LogP contribution in [0.3, 0.4) is 0 Å². The highest BCUT2D eigenvalue weighted by atomic mass is 16.5. The van der Waals surface area contributed by atoms with Crippen molar-refractivity contribution >= 4 is 0 Å². The van der Waals surface area contributed by atoms with Crippen LogP contribution in [-0.4, -0.2) is 40.0 Å². The molecule has 3 heteroatoms. The van der Waals surface area contributed by atoms with Crippen molar-refractivity contribution in [1.82, 2.24) is 5.32 Å². The second-order valence-corrected chi connectivity index (χ2v) is 5.62. The molecule has 0 aliphatic carbocycles. The molecule has 0 bridgehead atoms. The van der Waals surface area contributed by atoms with Crippen molar-refractivity contribution in [2.75, 3.05) is 40.0 Å². The normalized spacial score (nSPS) is 13.9. The monoisotopic (exact) mass is 245 g/mol. The molecule has 104 valence electrons. The van der Waals surface area contributed by atoms with Crippen LogP contribution >= 0.6 is 0 Å². The van der Waals surface area contributed by atoms with Gasteiger partial charge in [-0.1, -0.05) is 27.7 Å². The van der Waals surface area contributed by atoms with Crippen LogP contribution in [-0.2, 0) is 9.47 Å². The van der Waals surface area contributed by atoms with E-state index in [1.165, 1.54) is 0 Å². The van der Waals surface area contributed by atoms with E-state index in [0.717, 1.165) is 45.8 Å². The van der Waals surface area contributed by atoms with Crippen molar-refractivity contribution in [2.45, 2.75) is 40.5 Å². The van der Waals surface area contributed by atoms with Crippen LogP contribution in [0.1, 0.15) is 40.5 Å². The van der Waals surface area contributed by atoms with Crippen molar-refractivity contribution in [3.05, 3.63) is 0 Å². The number of rotatable bonds is 10. The minimum Gasteiger partial charge on any atom is -0.385 e. The predicted octanol–water partition coefficient (Wildman–Crippen LogP) is 2.70. The molecule has 0 rings (SSSR count). The lowest BCUT2D eigenvalue weighted by molar-refractivity contribution is 0.0791. The van der Waals surface area contributed by atoms with Crippen LogP contribution in [0.4, 0.5) is 0 Å². The molecule has 1 N–H and O–H groups in total.